The highest BCUT2D eigenvalue weighted by Crippen LogP contribution is 2.36. The molecule has 0 aliphatic carbocycles. The summed E-state index contributed by atoms with van der Waals surface area (Å²) in [6, 6.07) is 7.49. The van der Waals surface area contributed by atoms with Crippen LogP contribution in [0.15, 0.2) is 48.5 Å². The number of rotatable bonds is 2. The van der Waals surface area contributed by atoms with E-state index in [4.69, 9.17) is 0 Å². The molecule has 0 saturated heterocycles. The predicted octanol–water partition coefficient (Wildman–Crippen LogP) is 4.96. The Morgan fingerprint density at radius 3 is 1.27 bits per heavy atom. The van der Waals surface area contributed by atoms with Gasteiger partial charge >= 0.3 is 12.4 Å². The molecular weight excluding hydrogens is 310 g/mol. The lowest BCUT2D eigenvalue weighted by Gasteiger charge is -2.15. The average molecular weight is 318 g/mol. The molecule has 0 heterocycles. The van der Waals surface area contributed by atoms with Crippen molar-refractivity contribution in [3.8, 4) is 0 Å². The molecule has 0 saturated carbocycles. The maximum Gasteiger partial charge on any atom is 0.417 e. The summed E-state index contributed by atoms with van der Waals surface area (Å²) in [4.78, 5) is 12.2. The normalized spacial score (nSPS) is 12.3. The van der Waals surface area contributed by atoms with Gasteiger partial charge in [0.25, 0.3) is 0 Å². The minimum Gasteiger partial charge on any atom is -0.289 e. The minimum absolute atomic E-state index is 0.656. The van der Waals surface area contributed by atoms with Gasteiger partial charge in [-0.3, -0.25) is 4.79 Å². The van der Waals surface area contributed by atoms with Crippen molar-refractivity contribution in [2.24, 2.45) is 0 Å². The summed E-state index contributed by atoms with van der Waals surface area (Å²) < 4.78 is 77.3. The Balaban J connectivity index is 2.61. The van der Waals surface area contributed by atoms with E-state index in [0.717, 1.165) is 24.3 Å². The molecule has 0 N–H and O–H groups in total. The second-order valence-corrected chi connectivity index (χ2v) is 4.42. The lowest BCUT2D eigenvalue weighted by Crippen LogP contribution is -2.17. The molecule has 0 amide bonds. The second-order valence-electron chi connectivity index (χ2n) is 4.42. The van der Waals surface area contributed by atoms with Crippen molar-refractivity contribution in [1.29, 1.82) is 0 Å². The van der Waals surface area contributed by atoms with Crippen LogP contribution in [0.2, 0.25) is 0 Å². The molecule has 2 aromatic carbocycles. The Bertz CT molecular complexity index is 640. The summed E-state index contributed by atoms with van der Waals surface area (Å²) in [5.74, 6) is -1.32. The third-order valence-corrected chi connectivity index (χ3v) is 2.95. The number of ketones is 1. The van der Waals surface area contributed by atoms with Crippen LogP contribution in [-0.2, 0) is 12.4 Å². The number of carbonyl (C=O) groups is 1. The van der Waals surface area contributed by atoms with Crippen molar-refractivity contribution in [3.63, 3.8) is 0 Å². The fourth-order valence-corrected chi connectivity index (χ4v) is 2.00. The highest BCUT2D eigenvalue weighted by atomic mass is 19.4. The molecule has 2 rings (SSSR count). The van der Waals surface area contributed by atoms with E-state index in [1.807, 2.05) is 0 Å². The molecule has 0 aromatic heterocycles. The van der Waals surface area contributed by atoms with E-state index < -0.39 is 40.4 Å². The summed E-state index contributed by atoms with van der Waals surface area (Å²) >= 11 is 0. The van der Waals surface area contributed by atoms with Gasteiger partial charge in [-0.25, -0.2) is 0 Å². The highest BCUT2D eigenvalue weighted by molar-refractivity contribution is 6.11. The molecule has 0 atom stereocenters. The van der Waals surface area contributed by atoms with Gasteiger partial charge in [0.2, 0.25) is 0 Å². The molecule has 1 nitrogen and oxygen atoms in total. The third-order valence-electron chi connectivity index (χ3n) is 2.95. The zero-order valence-electron chi connectivity index (χ0n) is 10.8. The third kappa shape index (κ3) is 3.13. The summed E-state index contributed by atoms with van der Waals surface area (Å²) in [5.41, 5.74) is -4.16. The fraction of sp³-hybridized carbons (Fsp3) is 0.133. The maximum atomic E-state index is 12.9. The molecule has 0 radical (unpaired) electrons. The largest absolute Gasteiger partial charge is 0.417 e. The molecule has 0 unspecified atom stereocenters. The molecular formula is C15H8F6O. The Labute approximate surface area is 121 Å². The minimum atomic E-state index is -4.83. The Kier molecular flexibility index (Phi) is 4.00. The van der Waals surface area contributed by atoms with Gasteiger partial charge in [0.1, 0.15) is 0 Å². The van der Waals surface area contributed by atoms with E-state index in [0.29, 0.717) is 12.1 Å². The molecule has 116 valence electrons. The van der Waals surface area contributed by atoms with Gasteiger partial charge in [-0.1, -0.05) is 36.4 Å². The van der Waals surface area contributed by atoms with Crippen LogP contribution in [0.4, 0.5) is 26.3 Å². The molecule has 2 aromatic rings. The van der Waals surface area contributed by atoms with E-state index >= 15 is 0 Å². The number of carbonyl (C=O) groups excluding carboxylic acids is 1. The standard InChI is InChI=1S/C15H8F6O/c16-14(17,18)11-7-3-1-5-9(11)13(22)10-6-2-4-8-12(10)15(19,20)21/h1-8H. The first-order valence-electron chi connectivity index (χ1n) is 5.99. The monoisotopic (exact) mass is 318 g/mol. The van der Waals surface area contributed by atoms with Gasteiger partial charge < -0.3 is 0 Å². The molecule has 7 heteroatoms. The molecule has 22 heavy (non-hydrogen) atoms. The van der Waals surface area contributed by atoms with E-state index in [1.165, 1.54) is 12.1 Å². The number of hydrogen-bond donors (Lipinski definition) is 0. The molecule has 0 aliphatic rings. The van der Waals surface area contributed by atoms with Crippen LogP contribution in [0, 0.1) is 0 Å². The van der Waals surface area contributed by atoms with Crippen LogP contribution in [0.1, 0.15) is 27.0 Å². The van der Waals surface area contributed by atoms with Gasteiger partial charge in [-0.15, -0.1) is 0 Å². The topological polar surface area (TPSA) is 17.1 Å². The van der Waals surface area contributed by atoms with Crippen molar-refractivity contribution in [1.82, 2.24) is 0 Å². The van der Waals surface area contributed by atoms with Crippen molar-refractivity contribution < 1.29 is 31.1 Å². The van der Waals surface area contributed by atoms with Crippen molar-refractivity contribution in [3.05, 3.63) is 70.8 Å². The first-order chi connectivity index (χ1) is 10.1. The van der Waals surface area contributed by atoms with E-state index in [1.54, 1.807) is 0 Å². The summed E-state index contributed by atoms with van der Waals surface area (Å²) in [7, 11) is 0. The summed E-state index contributed by atoms with van der Waals surface area (Å²) in [5, 5.41) is 0. The van der Waals surface area contributed by atoms with Crippen LogP contribution in [0.5, 0.6) is 0 Å². The number of alkyl halides is 6. The zero-order chi connectivity index (χ0) is 16.5. The molecule has 0 bridgehead atoms. The maximum absolute atomic E-state index is 12.9. The first-order valence-corrected chi connectivity index (χ1v) is 5.99. The summed E-state index contributed by atoms with van der Waals surface area (Å²) in [6.07, 6.45) is -9.67. The van der Waals surface area contributed by atoms with Crippen molar-refractivity contribution in [2.45, 2.75) is 12.4 Å². The van der Waals surface area contributed by atoms with Gasteiger partial charge in [0.15, 0.2) is 5.78 Å². The van der Waals surface area contributed by atoms with E-state index in [2.05, 4.69) is 0 Å². The zero-order valence-corrected chi connectivity index (χ0v) is 10.8. The quantitative estimate of drug-likeness (QED) is 0.565. The van der Waals surface area contributed by atoms with Crippen LogP contribution in [0.25, 0.3) is 0 Å². The Hall–Kier alpha value is -2.31. The fourth-order valence-electron chi connectivity index (χ4n) is 2.00. The smallest absolute Gasteiger partial charge is 0.289 e. The van der Waals surface area contributed by atoms with Gasteiger partial charge in [-0.2, -0.15) is 26.3 Å². The highest BCUT2D eigenvalue weighted by Gasteiger charge is 2.38. The Morgan fingerprint density at radius 2 is 0.955 bits per heavy atom. The van der Waals surface area contributed by atoms with Crippen LogP contribution in [0.3, 0.4) is 0 Å². The SMILES string of the molecule is O=C(c1ccccc1C(F)(F)F)c1ccccc1C(F)(F)F. The number of benzene rings is 2. The summed E-state index contributed by atoms with van der Waals surface area (Å²) in [6.45, 7) is 0. The first kappa shape index (κ1) is 16.1. The predicted molar refractivity (Wildman–Crippen MR) is 66.3 cm³/mol. The van der Waals surface area contributed by atoms with Crippen LogP contribution in [-0.4, -0.2) is 5.78 Å². The van der Waals surface area contributed by atoms with Crippen molar-refractivity contribution in [2.75, 3.05) is 0 Å². The molecule has 0 aliphatic heterocycles. The van der Waals surface area contributed by atoms with E-state index in [9.17, 15) is 31.1 Å². The number of halogens is 6. The van der Waals surface area contributed by atoms with Gasteiger partial charge in [-0.05, 0) is 12.1 Å². The average Bonchev–Trinajstić information content (AvgIpc) is 2.45. The van der Waals surface area contributed by atoms with Crippen molar-refractivity contribution >= 4 is 5.78 Å². The van der Waals surface area contributed by atoms with Gasteiger partial charge in [0, 0.05) is 11.1 Å². The second kappa shape index (κ2) is 5.47. The lowest BCUT2D eigenvalue weighted by molar-refractivity contribution is -0.138. The lowest BCUT2D eigenvalue weighted by atomic mass is 9.94. The van der Waals surface area contributed by atoms with Crippen LogP contribution >= 0.6 is 0 Å². The van der Waals surface area contributed by atoms with Gasteiger partial charge in [0.05, 0.1) is 11.1 Å². The molecule has 0 fully saturated rings. The molecule has 0 spiro atoms. The number of hydrogen-bond acceptors (Lipinski definition) is 1. The Morgan fingerprint density at radius 1 is 0.636 bits per heavy atom. The van der Waals surface area contributed by atoms with Crippen LogP contribution < -0.4 is 0 Å². The van der Waals surface area contributed by atoms with E-state index in [-0.39, 0.29) is 0 Å².